The van der Waals surface area contributed by atoms with Crippen LogP contribution in [-0.4, -0.2) is 25.4 Å². The van der Waals surface area contributed by atoms with Gasteiger partial charge in [-0.2, -0.15) is 5.26 Å². The number of hydrogen-bond acceptors (Lipinski definition) is 4. The molecule has 0 radical (unpaired) electrons. The molecule has 0 saturated carbocycles. The Kier molecular flexibility index (Phi) is 4.54. The fourth-order valence-corrected chi connectivity index (χ4v) is 2.57. The molecule has 102 valence electrons. The van der Waals surface area contributed by atoms with E-state index in [9.17, 15) is 10.4 Å². The van der Waals surface area contributed by atoms with Crippen molar-refractivity contribution < 1.29 is 14.6 Å². The van der Waals surface area contributed by atoms with Gasteiger partial charge in [-0.3, -0.25) is 0 Å². The molecular weight excluding hydrogens is 242 g/mol. The van der Waals surface area contributed by atoms with Gasteiger partial charge in [0.2, 0.25) is 0 Å². The largest absolute Gasteiger partial charge is 0.387 e. The van der Waals surface area contributed by atoms with Crippen molar-refractivity contribution in [1.82, 2.24) is 0 Å². The van der Waals surface area contributed by atoms with Gasteiger partial charge in [0.1, 0.15) is 11.5 Å². The molecule has 0 bridgehead atoms. The minimum absolute atomic E-state index is 0.284. The topological polar surface area (TPSA) is 62.5 Å². The summed E-state index contributed by atoms with van der Waals surface area (Å²) in [6.07, 6.45) is 0.618. The molecule has 4 heteroatoms. The van der Waals surface area contributed by atoms with E-state index in [0.29, 0.717) is 19.6 Å². The van der Waals surface area contributed by atoms with Crippen LogP contribution in [0.4, 0.5) is 0 Å². The zero-order valence-electron chi connectivity index (χ0n) is 11.1. The predicted octanol–water partition coefficient (Wildman–Crippen LogP) is 2.19. The van der Waals surface area contributed by atoms with Crippen LogP contribution < -0.4 is 0 Å². The number of hydrogen-bond donors (Lipinski definition) is 1. The summed E-state index contributed by atoms with van der Waals surface area (Å²) >= 11 is 0. The Morgan fingerprint density at radius 1 is 1.53 bits per heavy atom. The third-order valence-electron chi connectivity index (χ3n) is 3.67. The first-order valence-corrected chi connectivity index (χ1v) is 6.47. The van der Waals surface area contributed by atoms with E-state index >= 15 is 0 Å². The highest BCUT2D eigenvalue weighted by Crippen LogP contribution is 2.41. The number of aliphatic hydroxyl groups is 1. The highest BCUT2D eigenvalue weighted by Gasteiger charge is 2.41. The monoisotopic (exact) mass is 261 g/mol. The Labute approximate surface area is 113 Å². The Morgan fingerprint density at radius 2 is 2.32 bits per heavy atom. The van der Waals surface area contributed by atoms with Crippen LogP contribution in [0.5, 0.6) is 0 Å². The first kappa shape index (κ1) is 14.0. The van der Waals surface area contributed by atoms with Crippen molar-refractivity contribution in [1.29, 1.82) is 5.26 Å². The molecule has 1 aliphatic heterocycles. The lowest BCUT2D eigenvalue weighted by Gasteiger charge is -2.35. The maximum absolute atomic E-state index is 10.6. The fourth-order valence-electron chi connectivity index (χ4n) is 2.57. The second kappa shape index (κ2) is 6.16. The van der Waals surface area contributed by atoms with Crippen molar-refractivity contribution in [2.45, 2.75) is 25.6 Å². The third kappa shape index (κ3) is 2.79. The molecule has 2 rings (SSSR count). The fraction of sp³-hybridized carbons (Fsp3) is 0.533. The van der Waals surface area contributed by atoms with Gasteiger partial charge in [-0.25, -0.2) is 0 Å². The second-order valence-corrected chi connectivity index (χ2v) is 4.96. The normalized spacial score (nSPS) is 24.7. The molecule has 0 aliphatic carbocycles. The summed E-state index contributed by atoms with van der Waals surface area (Å²) in [6.45, 7) is 1.37. The van der Waals surface area contributed by atoms with E-state index < -0.39 is 11.5 Å². The molecular formula is C15H19NO3. The summed E-state index contributed by atoms with van der Waals surface area (Å²) in [5, 5.41) is 20.1. The van der Waals surface area contributed by atoms with E-state index in [-0.39, 0.29) is 6.61 Å². The smallest absolute Gasteiger partial charge is 0.111 e. The molecule has 19 heavy (non-hydrogen) atoms. The molecule has 4 nitrogen and oxygen atoms in total. The lowest BCUT2D eigenvalue weighted by molar-refractivity contribution is -0.0512. The Bertz CT molecular complexity index is 461. The predicted molar refractivity (Wildman–Crippen MR) is 70.2 cm³/mol. The van der Waals surface area contributed by atoms with Gasteiger partial charge in [-0.05, 0) is 24.0 Å². The van der Waals surface area contributed by atoms with Gasteiger partial charge < -0.3 is 14.6 Å². The Balaban J connectivity index is 2.32. The maximum atomic E-state index is 10.6. The molecule has 1 aromatic rings. The zero-order chi connectivity index (χ0) is 13.7. The summed E-state index contributed by atoms with van der Waals surface area (Å²) in [6, 6.07) is 9.81. The van der Waals surface area contributed by atoms with Gasteiger partial charge in [0.25, 0.3) is 0 Å². The summed E-state index contributed by atoms with van der Waals surface area (Å²) < 4.78 is 10.6. The zero-order valence-corrected chi connectivity index (χ0v) is 11.1. The molecule has 1 aliphatic rings. The number of ether oxygens (including phenoxy) is 2. The summed E-state index contributed by atoms with van der Waals surface area (Å²) in [4.78, 5) is 0. The number of rotatable bonds is 4. The van der Waals surface area contributed by atoms with Crippen molar-refractivity contribution >= 4 is 0 Å². The van der Waals surface area contributed by atoms with Gasteiger partial charge in [0.15, 0.2) is 0 Å². The Hall–Kier alpha value is -1.41. The van der Waals surface area contributed by atoms with Crippen molar-refractivity contribution in [3.8, 4) is 6.07 Å². The first-order chi connectivity index (χ1) is 9.23. The van der Waals surface area contributed by atoms with Crippen molar-refractivity contribution in [2.75, 3.05) is 20.3 Å². The molecule has 2 atom stereocenters. The van der Waals surface area contributed by atoms with Gasteiger partial charge in [-0.15, -0.1) is 0 Å². The van der Waals surface area contributed by atoms with E-state index in [1.807, 2.05) is 24.3 Å². The standard InChI is InChI=1S/C15H19NO3/c1-18-9-12-5-2-3-6-13(12)14(17)15(10-16)7-4-8-19-11-15/h2-3,5-6,14,17H,4,7-9,11H2,1H3. The lowest BCUT2D eigenvalue weighted by atomic mass is 9.75. The third-order valence-corrected chi connectivity index (χ3v) is 3.67. The van der Waals surface area contributed by atoms with Gasteiger partial charge in [-0.1, -0.05) is 24.3 Å². The van der Waals surface area contributed by atoms with Crippen LogP contribution in [0.2, 0.25) is 0 Å². The van der Waals surface area contributed by atoms with Crippen LogP contribution in [0.25, 0.3) is 0 Å². The molecule has 1 saturated heterocycles. The first-order valence-electron chi connectivity index (χ1n) is 6.47. The number of methoxy groups -OCH3 is 1. The summed E-state index contributed by atoms with van der Waals surface area (Å²) in [5.41, 5.74) is 0.830. The maximum Gasteiger partial charge on any atom is 0.111 e. The lowest BCUT2D eigenvalue weighted by Crippen LogP contribution is -2.36. The van der Waals surface area contributed by atoms with Crippen LogP contribution >= 0.6 is 0 Å². The van der Waals surface area contributed by atoms with Gasteiger partial charge in [0, 0.05) is 13.7 Å². The van der Waals surface area contributed by atoms with Gasteiger partial charge in [0.05, 0.1) is 19.3 Å². The van der Waals surface area contributed by atoms with Crippen LogP contribution in [0.3, 0.4) is 0 Å². The second-order valence-electron chi connectivity index (χ2n) is 4.96. The minimum atomic E-state index is -0.845. The molecule has 1 fully saturated rings. The molecule has 1 N–H and O–H groups in total. The number of nitriles is 1. The van der Waals surface area contributed by atoms with E-state index in [0.717, 1.165) is 17.5 Å². The van der Waals surface area contributed by atoms with Gasteiger partial charge >= 0.3 is 0 Å². The molecule has 0 aromatic heterocycles. The minimum Gasteiger partial charge on any atom is -0.387 e. The van der Waals surface area contributed by atoms with Crippen LogP contribution in [0, 0.1) is 16.7 Å². The molecule has 0 amide bonds. The summed E-state index contributed by atoms with van der Waals surface area (Å²) in [7, 11) is 1.62. The SMILES string of the molecule is COCc1ccccc1C(O)C1(C#N)CCCOC1. The quantitative estimate of drug-likeness (QED) is 0.902. The highest BCUT2D eigenvalue weighted by molar-refractivity contribution is 5.32. The van der Waals surface area contributed by atoms with Crippen molar-refractivity contribution in [3.05, 3.63) is 35.4 Å². The average Bonchev–Trinajstić information content (AvgIpc) is 2.48. The Morgan fingerprint density at radius 3 is 2.95 bits per heavy atom. The van der Waals surface area contributed by atoms with E-state index in [2.05, 4.69) is 6.07 Å². The highest BCUT2D eigenvalue weighted by atomic mass is 16.5. The molecule has 1 aromatic carbocycles. The van der Waals surface area contributed by atoms with Crippen LogP contribution in [0.15, 0.2) is 24.3 Å². The van der Waals surface area contributed by atoms with Crippen LogP contribution in [0.1, 0.15) is 30.1 Å². The summed E-state index contributed by atoms with van der Waals surface area (Å²) in [5.74, 6) is 0. The molecule has 1 heterocycles. The van der Waals surface area contributed by atoms with Crippen molar-refractivity contribution in [3.63, 3.8) is 0 Å². The van der Waals surface area contributed by atoms with E-state index in [1.165, 1.54) is 0 Å². The molecule has 2 unspecified atom stereocenters. The number of nitrogens with zero attached hydrogens (tertiary/aromatic N) is 1. The van der Waals surface area contributed by atoms with E-state index in [1.54, 1.807) is 7.11 Å². The van der Waals surface area contributed by atoms with Crippen molar-refractivity contribution in [2.24, 2.45) is 5.41 Å². The number of aliphatic hydroxyl groups excluding tert-OH is 1. The average molecular weight is 261 g/mol. The number of benzene rings is 1. The van der Waals surface area contributed by atoms with Crippen LogP contribution in [-0.2, 0) is 16.1 Å². The molecule has 0 spiro atoms. The van der Waals surface area contributed by atoms with E-state index in [4.69, 9.17) is 9.47 Å².